The van der Waals surface area contributed by atoms with E-state index < -0.39 is 19.1 Å². The molecule has 0 bridgehead atoms. The highest BCUT2D eigenvalue weighted by molar-refractivity contribution is 4.74. The number of rotatable bonds is 6. The topological polar surface area (TPSA) is 32.3 Å². The molecule has 0 heterocycles. The highest BCUT2D eigenvalue weighted by atomic mass is 19.3. The van der Waals surface area contributed by atoms with E-state index in [-0.39, 0.29) is 6.04 Å². The van der Waals surface area contributed by atoms with Crippen molar-refractivity contribution >= 4 is 0 Å². The van der Waals surface area contributed by atoms with Crippen LogP contribution in [0.2, 0.25) is 0 Å². The monoisotopic (exact) mass is 195 g/mol. The Balaban J connectivity index is 3.85. The van der Waals surface area contributed by atoms with Gasteiger partial charge in [-0.05, 0) is 12.3 Å². The summed E-state index contributed by atoms with van der Waals surface area (Å²) in [5, 5.41) is 11.1. The van der Waals surface area contributed by atoms with Crippen LogP contribution in [0, 0.1) is 5.92 Å². The highest BCUT2D eigenvalue weighted by Crippen LogP contribution is 2.12. The van der Waals surface area contributed by atoms with Gasteiger partial charge in [0.25, 0.3) is 5.92 Å². The number of aliphatic hydroxyl groups is 1. The quantitative estimate of drug-likeness (QED) is 0.675. The van der Waals surface area contributed by atoms with Gasteiger partial charge in [-0.1, -0.05) is 20.8 Å². The van der Waals surface area contributed by atoms with Gasteiger partial charge in [0.1, 0.15) is 6.61 Å². The number of aliphatic hydroxyl groups excluding tert-OH is 1. The van der Waals surface area contributed by atoms with E-state index in [1.54, 1.807) is 0 Å². The molecule has 80 valence electrons. The molecular weight excluding hydrogens is 176 g/mol. The Hall–Kier alpha value is -0.220. The summed E-state index contributed by atoms with van der Waals surface area (Å²) in [6, 6.07) is 0.0948. The van der Waals surface area contributed by atoms with Crippen molar-refractivity contribution in [1.29, 1.82) is 0 Å². The molecule has 0 aliphatic carbocycles. The molecule has 0 aromatic heterocycles. The van der Waals surface area contributed by atoms with E-state index in [1.165, 1.54) is 0 Å². The Morgan fingerprint density at radius 1 is 1.38 bits per heavy atom. The predicted molar refractivity (Wildman–Crippen MR) is 49.0 cm³/mol. The Kier molecular flexibility index (Phi) is 5.40. The molecule has 0 saturated heterocycles. The van der Waals surface area contributed by atoms with Gasteiger partial charge >= 0.3 is 0 Å². The maximum atomic E-state index is 12.6. The molecular formula is C9H19F2NO. The van der Waals surface area contributed by atoms with Crippen molar-refractivity contribution in [2.75, 3.05) is 13.2 Å². The predicted octanol–water partition coefficient (Wildman–Crippen LogP) is 1.64. The minimum absolute atomic E-state index is 0.0948. The molecule has 4 heteroatoms. The van der Waals surface area contributed by atoms with Crippen molar-refractivity contribution in [3.8, 4) is 0 Å². The molecule has 0 saturated carbocycles. The van der Waals surface area contributed by atoms with E-state index in [9.17, 15) is 8.78 Å². The van der Waals surface area contributed by atoms with Crippen LogP contribution in [-0.4, -0.2) is 30.2 Å². The molecule has 0 fully saturated rings. The van der Waals surface area contributed by atoms with Gasteiger partial charge in [0.15, 0.2) is 0 Å². The fourth-order valence-electron chi connectivity index (χ4n) is 1.19. The molecule has 0 amide bonds. The van der Waals surface area contributed by atoms with Gasteiger partial charge in [0.2, 0.25) is 0 Å². The zero-order chi connectivity index (χ0) is 10.5. The fraction of sp³-hybridized carbons (Fsp3) is 1.00. The van der Waals surface area contributed by atoms with Gasteiger partial charge in [-0.2, -0.15) is 0 Å². The third kappa shape index (κ3) is 5.16. The lowest BCUT2D eigenvalue weighted by Gasteiger charge is -2.23. The SMILES string of the molecule is CCC(NCC(F)(F)CO)C(C)C. The number of hydrogen-bond donors (Lipinski definition) is 2. The average Bonchev–Trinajstić information content (AvgIpc) is 2.05. The standard InChI is InChI=1S/C9H19F2NO/c1-4-8(7(2)3)12-5-9(10,11)6-13/h7-8,12-13H,4-6H2,1-3H3. The number of halogens is 2. The zero-order valence-electron chi connectivity index (χ0n) is 8.48. The lowest BCUT2D eigenvalue weighted by molar-refractivity contribution is -0.0502. The van der Waals surface area contributed by atoms with Crippen molar-refractivity contribution in [3.05, 3.63) is 0 Å². The summed E-state index contributed by atoms with van der Waals surface area (Å²) in [5.41, 5.74) is 0. The summed E-state index contributed by atoms with van der Waals surface area (Å²) in [6.07, 6.45) is 0.819. The number of alkyl halides is 2. The van der Waals surface area contributed by atoms with E-state index in [2.05, 4.69) is 5.32 Å². The molecule has 0 aromatic carbocycles. The van der Waals surface area contributed by atoms with Crippen LogP contribution in [0.1, 0.15) is 27.2 Å². The first-order valence-electron chi connectivity index (χ1n) is 4.65. The third-order valence-electron chi connectivity index (χ3n) is 2.10. The van der Waals surface area contributed by atoms with E-state index >= 15 is 0 Å². The first kappa shape index (κ1) is 12.8. The Morgan fingerprint density at radius 2 is 1.92 bits per heavy atom. The van der Waals surface area contributed by atoms with E-state index in [4.69, 9.17) is 5.11 Å². The highest BCUT2D eigenvalue weighted by Gasteiger charge is 2.28. The molecule has 0 radical (unpaired) electrons. The third-order valence-corrected chi connectivity index (χ3v) is 2.10. The lowest BCUT2D eigenvalue weighted by Crippen LogP contribution is -2.43. The summed E-state index contributed by atoms with van der Waals surface area (Å²) < 4.78 is 25.2. The van der Waals surface area contributed by atoms with Crippen molar-refractivity contribution in [3.63, 3.8) is 0 Å². The Morgan fingerprint density at radius 3 is 2.23 bits per heavy atom. The van der Waals surface area contributed by atoms with Gasteiger partial charge in [-0.25, -0.2) is 8.78 Å². The lowest BCUT2D eigenvalue weighted by atomic mass is 10.0. The van der Waals surface area contributed by atoms with Crippen molar-refractivity contribution in [1.82, 2.24) is 5.32 Å². The van der Waals surface area contributed by atoms with Crippen LogP contribution in [0.5, 0.6) is 0 Å². The smallest absolute Gasteiger partial charge is 0.282 e. The molecule has 2 N–H and O–H groups in total. The van der Waals surface area contributed by atoms with Crippen LogP contribution in [-0.2, 0) is 0 Å². The van der Waals surface area contributed by atoms with Gasteiger partial charge in [-0.3, -0.25) is 0 Å². The van der Waals surface area contributed by atoms with Gasteiger partial charge in [0, 0.05) is 6.04 Å². The molecule has 0 aromatic rings. The zero-order valence-corrected chi connectivity index (χ0v) is 8.48. The Labute approximate surface area is 78.3 Å². The van der Waals surface area contributed by atoms with Crippen LogP contribution < -0.4 is 5.32 Å². The maximum Gasteiger partial charge on any atom is 0.282 e. The molecule has 0 spiro atoms. The maximum absolute atomic E-state index is 12.6. The largest absolute Gasteiger partial charge is 0.390 e. The number of hydrogen-bond acceptors (Lipinski definition) is 2. The summed E-state index contributed by atoms with van der Waals surface area (Å²) in [7, 11) is 0. The molecule has 0 aliphatic rings. The molecule has 0 aliphatic heterocycles. The van der Waals surface area contributed by atoms with Gasteiger partial charge < -0.3 is 10.4 Å². The van der Waals surface area contributed by atoms with Crippen LogP contribution in [0.25, 0.3) is 0 Å². The molecule has 1 atom stereocenters. The molecule has 13 heavy (non-hydrogen) atoms. The van der Waals surface area contributed by atoms with E-state index in [0.717, 1.165) is 6.42 Å². The van der Waals surface area contributed by atoms with Crippen LogP contribution in [0.4, 0.5) is 8.78 Å². The van der Waals surface area contributed by atoms with Gasteiger partial charge in [-0.15, -0.1) is 0 Å². The molecule has 2 nitrogen and oxygen atoms in total. The van der Waals surface area contributed by atoms with Crippen LogP contribution in [0.3, 0.4) is 0 Å². The van der Waals surface area contributed by atoms with Crippen molar-refractivity contribution < 1.29 is 13.9 Å². The number of nitrogens with one attached hydrogen (secondary N) is 1. The summed E-state index contributed by atoms with van der Waals surface area (Å²) in [6.45, 7) is 4.39. The van der Waals surface area contributed by atoms with Crippen LogP contribution in [0.15, 0.2) is 0 Å². The first-order valence-corrected chi connectivity index (χ1v) is 4.65. The minimum Gasteiger partial charge on any atom is -0.390 e. The van der Waals surface area contributed by atoms with E-state index in [1.807, 2.05) is 20.8 Å². The van der Waals surface area contributed by atoms with Crippen LogP contribution >= 0.6 is 0 Å². The van der Waals surface area contributed by atoms with E-state index in [0.29, 0.717) is 5.92 Å². The second kappa shape index (κ2) is 5.50. The first-order chi connectivity index (χ1) is 5.93. The second-order valence-electron chi connectivity index (χ2n) is 3.65. The summed E-state index contributed by atoms with van der Waals surface area (Å²) in [5.74, 6) is -2.66. The summed E-state index contributed by atoms with van der Waals surface area (Å²) in [4.78, 5) is 0. The average molecular weight is 195 g/mol. The van der Waals surface area contributed by atoms with Gasteiger partial charge in [0.05, 0.1) is 6.54 Å². The molecule has 1 unspecified atom stereocenters. The van der Waals surface area contributed by atoms with Crippen molar-refractivity contribution in [2.24, 2.45) is 5.92 Å². The normalized spacial score (nSPS) is 15.0. The Bertz CT molecular complexity index is 140. The molecule has 0 rings (SSSR count). The van der Waals surface area contributed by atoms with Crippen molar-refractivity contribution in [2.45, 2.75) is 39.2 Å². The summed E-state index contributed by atoms with van der Waals surface area (Å²) >= 11 is 0. The minimum atomic E-state index is -3.00. The second-order valence-corrected chi connectivity index (χ2v) is 3.65. The fourth-order valence-corrected chi connectivity index (χ4v) is 1.19.